The molecule has 1 aliphatic carbocycles. The summed E-state index contributed by atoms with van der Waals surface area (Å²) in [5.74, 6) is 0. The van der Waals surface area contributed by atoms with Gasteiger partial charge in [-0.25, -0.2) is 4.79 Å². The summed E-state index contributed by atoms with van der Waals surface area (Å²) in [7, 11) is 0. The molecule has 3 fully saturated rings. The maximum Gasteiger partial charge on any atom is 0.410 e. The first kappa shape index (κ1) is 13.2. The van der Waals surface area contributed by atoms with Gasteiger partial charge in [0.05, 0.1) is 0 Å². The predicted molar refractivity (Wildman–Crippen MR) is 74.0 cm³/mol. The molecule has 3 atom stereocenters. The van der Waals surface area contributed by atoms with E-state index in [1.165, 1.54) is 12.8 Å². The summed E-state index contributed by atoms with van der Waals surface area (Å²) in [5.41, 5.74) is 0.126. The number of rotatable bonds is 0. The van der Waals surface area contributed by atoms with E-state index < -0.39 is 5.60 Å². The van der Waals surface area contributed by atoms with Crippen molar-refractivity contribution in [2.45, 2.75) is 70.6 Å². The number of nitrogens with zero attached hydrogens (tertiary/aromatic N) is 1. The van der Waals surface area contributed by atoms with Crippen molar-refractivity contribution >= 4 is 6.09 Å². The van der Waals surface area contributed by atoms with Crippen LogP contribution in [0.2, 0.25) is 0 Å². The molecule has 3 rings (SSSR count). The van der Waals surface area contributed by atoms with E-state index in [4.69, 9.17) is 4.74 Å². The average molecular weight is 266 g/mol. The Labute approximate surface area is 115 Å². The summed E-state index contributed by atoms with van der Waals surface area (Å²) in [4.78, 5) is 14.4. The SMILES string of the molecule is CC(C)(C)OC(=O)N1CC[C@]23CCN[C@@]2(C)CC[C@H]13. The zero-order valence-electron chi connectivity index (χ0n) is 12.6. The molecule has 19 heavy (non-hydrogen) atoms. The summed E-state index contributed by atoms with van der Waals surface area (Å²) in [6.07, 6.45) is 4.50. The van der Waals surface area contributed by atoms with Crippen LogP contribution in [0.4, 0.5) is 4.79 Å². The largest absolute Gasteiger partial charge is 0.444 e. The van der Waals surface area contributed by atoms with Crippen LogP contribution < -0.4 is 5.32 Å². The Kier molecular flexibility index (Phi) is 2.70. The number of carbonyl (C=O) groups excluding carboxylic acids is 1. The van der Waals surface area contributed by atoms with Crippen LogP contribution in [0, 0.1) is 5.41 Å². The topological polar surface area (TPSA) is 41.6 Å². The van der Waals surface area contributed by atoms with Gasteiger partial charge in [0.2, 0.25) is 0 Å². The van der Waals surface area contributed by atoms with Gasteiger partial charge in [0, 0.05) is 23.5 Å². The molecule has 4 nitrogen and oxygen atoms in total. The van der Waals surface area contributed by atoms with Crippen molar-refractivity contribution in [1.82, 2.24) is 10.2 Å². The van der Waals surface area contributed by atoms with E-state index in [9.17, 15) is 4.79 Å². The van der Waals surface area contributed by atoms with Crippen molar-refractivity contribution in [3.63, 3.8) is 0 Å². The van der Waals surface area contributed by atoms with Crippen LogP contribution in [0.15, 0.2) is 0 Å². The fourth-order valence-corrected chi connectivity index (χ4v) is 4.62. The monoisotopic (exact) mass is 266 g/mol. The molecule has 1 saturated carbocycles. The Morgan fingerprint density at radius 1 is 1.32 bits per heavy atom. The van der Waals surface area contributed by atoms with E-state index in [0.717, 1.165) is 25.9 Å². The molecule has 1 N–H and O–H groups in total. The molecule has 0 radical (unpaired) electrons. The Bertz CT molecular complexity index is 403. The zero-order chi connectivity index (χ0) is 13.9. The summed E-state index contributed by atoms with van der Waals surface area (Å²) in [6, 6.07) is 0.377. The molecule has 0 bridgehead atoms. The number of nitrogens with one attached hydrogen (secondary N) is 1. The third kappa shape index (κ3) is 1.79. The molecule has 1 spiro atoms. The zero-order valence-corrected chi connectivity index (χ0v) is 12.6. The second-order valence-corrected chi connectivity index (χ2v) is 7.64. The van der Waals surface area contributed by atoms with Crippen LogP contribution in [0.5, 0.6) is 0 Å². The maximum atomic E-state index is 12.4. The highest BCUT2D eigenvalue weighted by molar-refractivity contribution is 5.69. The number of hydrogen-bond acceptors (Lipinski definition) is 3. The van der Waals surface area contributed by atoms with Crippen molar-refractivity contribution in [2.75, 3.05) is 13.1 Å². The number of ether oxygens (including phenoxy) is 1. The van der Waals surface area contributed by atoms with Crippen molar-refractivity contribution in [1.29, 1.82) is 0 Å². The van der Waals surface area contributed by atoms with Crippen molar-refractivity contribution < 1.29 is 9.53 Å². The molecular weight excluding hydrogens is 240 g/mol. The van der Waals surface area contributed by atoms with Crippen molar-refractivity contribution in [2.24, 2.45) is 5.41 Å². The second kappa shape index (κ2) is 3.87. The summed E-state index contributed by atoms with van der Waals surface area (Å²) >= 11 is 0. The Morgan fingerprint density at radius 3 is 2.74 bits per heavy atom. The highest BCUT2D eigenvalue weighted by Crippen LogP contribution is 2.59. The molecule has 2 heterocycles. The van der Waals surface area contributed by atoms with Gasteiger partial charge in [0.25, 0.3) is 0 Å². The lowest BCUT2D eigenvalue weighted by Crippen LogP contribution is -2.49. The number of likely N-dealkylation sites (tertiary alicyclic amines) is 1. The third-order valence-corrected chi connectivity index (χ3v) is 5.54. The molecule has 3 aliphatic rings. The number of carbonyl (C=O) groups is 1. The second-order valence-electron chi connectivity index (χ2n) is 7.64. The van der Waals surface area contributed by atoms with Crippen LogP contribution in [0.1, 0.15) is 53.4 Å². The molecule has 0 aromatic heterocycles. The summed E-state index contributed by atoms with van der Waals surface area (Å²) in [5, 5.41) is 3.69. The Hall–Kier alpha value is -0.770. The first-order valence-electron chi connectivity index (χ1n) is 7.52. The van der Waals surface area contributed by atoms with Crippen LogP contribution in [0.3, 0.4) is 0 Å². The van der Waals surface area contributed by atoms with Gasteiger partial charge in [-0.3, -0.25) is 0 Å². The quantitative estimate of drug-likeness (QED) is 0.732. The molecule has 0 aromatic carbocycles. The predicted octanol–water partition coefficient (Wildman–Crippen LogP) is 2.53. The van der Waals surface area contributed by atoms with Crippen LogP contribution in [-0.4, -0.2) is 41.3 Å². The Balaban J connectivity index is 1.80. The lowest BCUT2D eigenvalue weighted by atomic mass is 9.71. The third-order valence-electron chi connectivity index (χ3n) is 5.54. The fourth-order valence-electron chi connectivity index (χ4n) is 4.62. The van der Waals surface area contributed by atoms with Crippen molar-refractivity contribution in [3.05, 3.63) is 0 Å². The van der Waals surface area contributed by atoms with Crippen LogP contribution >= 0.6 is 0 Å². The van der Waals surface area contributed by atoms with Gasteiger partial charge in [0.15, 0.2) is 0 Å². The molecule has 0 unspecified atom stereocenters. The minimum absolute atomic E-state index is 0.120. The molecule has 1 amide bonds. The van der Waals surface area contributed by atoms with Crippen molar-refractivity contribution in [3.8, 4) is 0 Å². The molecule has 2 saturated heterocycles. The van der Waals surface area contributed by atoms with E-state index in [0.29, 0.717) is 11.5 Å². The first-order chi connectivity index (χ1) is 8.78. The van der Waals surface area contributed by atoms with Gasteiger partial charge in [-0.05, 0) is 59.9 Å². The lowest BCUT2D eigenvalue weighted by molar-refractivity contribution is 0.0178. The summed E-state index contributed by atoms with van der Waals surface area (Å²) in [6.45, 7) is 10.1. The number of amides is 1. The van der Waals surface area contributed by atoms with Gasteiger partial charge in [-0.2, -0.15) is 0 Å². The smallest absolute Gasteiger partial charge is 0.410 e. The fraction of sp³-hybridized carbons (Fsp3) is 0.933. The molecular formula is C15H26N2O2. The highest BCUT2D eigenvalue weighted by atomic mass is 16.6. The van der Waals surface area contributed by atoms with Gasteiger partial charge < -0.3 is 15.0 Å². The number of hydrogen-bond donors (Lipinski definition) is 1. The van der Waals surface area contributed by atoms with Gasteiger partial charge in [-0.15, -0.1) is 0 Å². The Morgan fingerprint density at radius 2 is 2.05 bits per heavy atom. The normalized spacial score (nSPS) is 41.3. The van der Waals surface area contributed by atoms with E-state index in [2.05, 4.69) is 12.2 Å². The van der Waals surface area contributed by atoms with Crippen LogP contribution in [0.25, 0.3) is 0 Å². The molecule has 0 aromatic rings. The molecule has 108 valence electrons. The minimum Gasteiger partial charge on any atom is -0.444 e. The molecule has 2 aliphatic heterocycles. The van der Waals surface area contributed by atoms with E-state index in [-0.39, 0.29) is 11.6 Å². The molecule has 4 heteroatoms. The standard InChI is InChI=1S/C15H26N2O2/c1-13(2,3)19-12(18)17-10-8-15-7-9-16-14(15,4)6-5-11(15)17/h11,16H,5-10H2,1-4H3/t11-,14-,15-/m0/s1. The van der Waals surface area contributed by atoms with Crippen LogP contribution in [-0.2, 0) is 4.74 Å². The first-order valence-corrected chi connectivity index (χ1v) is 7.52. The van der Waals surface area contributed by atoms with Gasteiger partial charge in [-0.1, -0.05) is 0 Å². The average Bonchev–Trinajstić information content (AvgIpc) is 2.83. The van der Waals surface area contributed by atoms with Gasteiger partial charge >= 0.3 is 6.09 Å². The van der Waals surface area contributed by atoms with E-state index >= 15 is 0 Å². The van der Waals surface area contributed by atoms with E-state index in [1.54, 1.807) is 0 Å². The summed E-state index contributed by atoms with van der Waals surface area (Å²) < 4.78 is 5.57. The van der Waals surface area contributed by atoms with E-state index in [1.807, 2.05) is 25.7 Å². The lowest BCUT2D eigenvalue weighted by Gasteiger charge is -2.38. The minimum atomic E-state index is -0.400. The highest BCUT2D eigenvalue weighted by Gasteiger charge is 2.65. The maximum absolute atomic E-state index is 12.4. The van der Waals surface area contributed by atoms with Gasteiger partial charge in [0.1, 0.15) is 5.60 Å².